The Bertz CT molecular complexity index is 353. The number of aliphatic hydroxyl groups is 2. The molecule has 0 saturated heterocycles. The first-order valence-electron chi connectivity index (χ1n) is 6.30. The highest BCUT2D eigenvalue weighted by molar-refractivity contribution is 5.86. The van der Waals surface area contributed by atoms with Crippen molar-refractivity contribution in [3.05, 3.63) is 0 Å². The standard InChI is InChI=1S/C12H24N4O4/c1-7(17)13-9(19)11(3,4)15-16-12(5,6)10(20)14-8(2)18/h7-8,17-18H,1-6H3,(H,13,19)(H,14,20)/b16-15+. The molecule has 8 heteroatoms. The molecule has 0 rings (SSSR count). The number of nitrogens with zero attached hydrogens (tertiary/aromatic N) is 2. The summed E-state index contributed by atoms with van der Waals surface area (Å²) >= 11 is 0. The van der Waals surface area contributed by atoms with Crippen molar-refractivity contribution < 1.29 is 19.8 Å². The molecule has 0 aliphatic carbocycles. The van der Waals surface area contributed by atoms with Gasteiger partial charge < -0.3 is 20.8 Å². The zero-order valence-electron chi connectivity index (χ0n) is 12.8. The van der Waals surface area contributed by atoms with E-state index in [0.717, 1.165) is 0 Å². The second-order valence-corrected chi connectivity index (χ2v) is 5.62. The molecule has 0 spiro atoms. The Labute approximate surface area is 118 Å². The van der Waals surface area contributed by atoms with Crippen molar-refractivity contribution >= 4 is 11.8 Å². The molecular formula is C12H24N4O4. The predicted molar refractivity (Wildman–Crippen MR) is 72.7 cm³/mol. The molecule has 2 atom stereocenters. The second-order valence-electron chi connectivity index (χ2n) is 5.62. The van der Waals surface area contributed by atoms with Gasteiger partial charge in [0.25, 0.3) is 11.8 Å². The lowest BCUT2D eigenvalue weighted by Crippen LogP contribution is -2.46. The molecular weight excluding hydrogens is 264 g/mol. The van der Waals surface area contributed by atoms with Crippen molar-refractivity contribution in [2.45, 2.75) is 65.1 Å². The second kappa shape index (κ2) is 6.76. The number of nitrogens with one attached hydrogen (secondary N) is 2. The minimum Gasteiger partial charge on any atom is -0.374 e. The summed E-state index contributed by atoms with van der Waals surface area (Å²) < 4.78 is 0. The van der Waals surface area contributed by atoms with E-state index in [1.54, 1.807) is 0 Å². The average Bonchev–Trinajstić information content (AvgIpc) is 2.24. The van der Waals surface area contributed by atoms with E-state index >= 15 is 0 Å². The van der Waals surface area contributed by atoms with Gasteiger partial charge in [0.2, 0.25) is 0 Å². The van der Waals surface area contributed by atoms with Gasteiger partial charge in [-0.2, -0.15) is 10.2 Å². The molecule has 0 bridgehead atoms. The van der Waals surface area contributed by atoms with Gasteiger partial charge in [-0.05, 0) is 41.5 Å². The molecule has 0 aliphatic heterocycles. The van der Waals surface area contributed by atoms with Crippen LogP contribution in [-0.2, 0) is 9.59 Å². The van der Waals surface area contributed by atoms with Crippen LogP contribution in [0.25, 0.3) is 0 Å². The highest BCUT2D eigenvalue weighted by atomic mass is 16.3. The molecule has 0 radical (unpaired) electrons. The van der Waals surface area contributed by atoms with E-state index < -0.39 is 35.3 Å². The SMILES string of the molecule is CC(O)NC(=O)C(C)(C)/N=N/C(C)(C)C(=O)NC(C)O. The normalized spacial score (nSPS) is 15.8. The van der Waals surface area contributed by atoms with Crippen molar-refractivity contribution in [3.8, 4) is 0 Å². The quantitative estimate of drug-likeness (QED) is 0.402. The largest absolute Gasteiger partial charge is 0.374 e. The van der Waals surface area contributed by atoms with Crippen molar-refractivity contribution in [2.75, 3.05) is 0 Å². The highest BCUT2D eigenvalue weighted by Gasteiger charge is 2.32. The van der Waals surface area contributed by atoms with Crippen LogP contribution in [0.1, 0.15) is 41.5 Å². The number of carbonyl (C=O) groups excluding carboxylic acids is 2. The molecule has 8 nitrogen and oxygen atoms in total. The Morgan fingerprint density at radius 1 is 0.850 bits per heavy atom. The van der Waals surface area contributed by atoms with Crippen molar-refractivity contribution in [2.24, 2.45) is 10.2 Å². The van der Waals surface area contributed by atoms with E-state index in [-0.39, 0.29) is 0 Å². The highest BCUT2D eigenvalue weighted by Crippen LogP contribution is 2.16. The summed E-state index contributed by atoms with van der Waals surface area (Å²) in [6.45, 7) is 8.86. The molecule has 0 aliphatic rings. The minimum absolute atomic E-state index is 0.511. The predicted octanol–water partition coefficient (Wildman–Crippen LogP) is -0.0952. The van der Waals surface area contributed by atoms with Crippen LogP contribution >= 0.6 is 0 Å². The van der Waals surface area contributed by atoms with Gasteiger partial charge >= 0.3 is 0 Å². The van der Waals surface area contributed by atoms with Gasteiger partial charge in [-0.25, -0.2) is 0 Å². The monoisotopic (exact) mass is 288 g/mol. The van der Waals surface area contributed by atoms with Gasteiger partial charge in [-0.1, -0.05) is 0 Å². The molecule has 116 valence electrons. The number of carbonyl (C=O) groups is 2. The van der Waals surface area contributed by atoms with Crippen LogP contribution in [0, 0.1) is 0 Å². The maximum atomic E-state index is 11.8. The van der Waals surface area contributed by atoms with E-state index in [4.69, 9.17) is 10.2 Å². The lowest BCUT2D eigenvalue weighted by Gasteiger charge is -2.23. The molecule has 0 aromatic heterocycles. The van der Waals surface area contributed by atoms with Gasteiger partial charge in [-0.15, -0.1) is 0 Å². The van der Waals surface area contributed by atoms with Crippen LogP contribution < -0.4 is 10.6 Å². The third-order valence-electron chi connectivity index (χ3n) is 2.34. The fourth-order valence-corrected chi connectivity index (χ4v) is 1.07. The molecule has 2 amide bonds. The third-order valence-corrected chi connectivity index (χ3v) is 2.34. The van der Waals surface area contributed by atoms with Crippen LogP contribution in [0.3, 0.4) is 0 Å². The van der Waals surface area contributed by atoms with Crippen LogP contribution in [0.4, 0.5) is 0 Å². The van der Waals surface area contributed by atoms with Gasteiger partial charge in [-0.3, -0.25) is 9.59 Å². The Kier molecular flexibility index (Phi) is 6.24. The number of hydrogen-bond donors (Lipinski definition) is 4. The zero-order chi connectivity index (χ0) is 16.1. The van der Waals surface area contributed by atoms with Gasteiger partial charge in [0.1, 0.15) is 12.5 Å². The molecule has 0 aromatic rings. The van der Waals surface area contributed by atoms with Crippen LogP contribution in [0.15, 0.2) is 10.2 Å². The van der Waals surface area contributed by atoms with Crippen LogP contribution in [0.2, 0.25) is 0 Å². The summed E-state index contributed by atoms with van der Waals surface area (Å²) in [5.74, 6) is -1.02. The number of aliphatic hydroxyl groups excluding tert-OH is 2. The average molecular weight is 288 g/mol. The molecule has 0 saturated carbocycles. The van der Waals surface area contributed by atoms with Crippen LogP contribution in [0.5, 0.6) is 0 Å². The van der Waals surface area contributed by atoms with Crippen molar-refractivity contribution in [1.82, 2.24) is 10.6 Å². The number of amides is 2. The first-order valence-corrected chi connectivity index (χ1v) is 6.30. The van der Waals surface area contributed by atoms with Gasteiger partial charge in [0.05, 0.1) is 0 Å². The maximum Gasteiger partial charge on any atom is 0.251 e. The first kappa shape index (κ1) is 18.5. The van der Waals surface area contributed by atoms with E-state index in [1.165, 1.54) is 41.5 Å². The Balaban J connectivity index is 4.90. The minimum atomic E-state index is -1.22. The van der Waals surface area contributed by atoms with E-state index in [1.807, 2.05) is 0 Å². The lowest BCUT2D eigenvalue weighted by atomic mass is 10.0. The molecule has 0 aromatic carbocycles. The molecule has 0 heterocycles. The molecule has 2 unspecified atom stereocenters. The summed E-state index contributed by atoms with van der Waals surface area (Å²) in [4.78, 5) is 23.5. The topological polar surface area (TPSA) is 123 Å². The smallest absolute Gasteiger partial charge is 0.251 e. The number of rotatable bonds is 6. The number of azo groups is 1. The van der Waals surface area contributed by atoms with Crippen LogP contribution in [-0.4, -0.2) is 45.6 Å². The Morgan fingerprint density at radius 3 is 1.30 bits per heavy atom. The molecule has 4 N–H and O–H groups in total. The summed E-state index contributed by atoms with van der Waals surface area (Å²) in [5, 5.41) is 30.6. The fraction of sp³-hybridized carbons (Fsp3) is 0.833. The summed E-state index contributed by atoms with van der Waals surface area (Å²) in [6, 6.07) is 0. The van der Waals surface area contributed by atoms with Crippen molar-refractivity contribution in [1.29, 1.82) is 0 Å². The maximum absolute atomic E-state index is 11.8. The molecule has 20 heavy (non-hydrogen) atoms. The summed E-state index contributed by atoms with van der Waals surface area (Å²) in [6.07, 6.45) is -1.99. The van der Waals surface area contributed by atoms with E-state index in [0.29, 0.717) is 0 Å². The molecule has 0 fully saturated rings. The van der Waals surface area contributed by atoms with E-state index in [9.17, 15) is 9.59 Å². The van der Waals surface area contributed by atoms with Gasteiger partial charge in [0.15, 0.2) is 11.1 Å². The Hall–Kier alpha value is -1.54. The van der Waals surface area contributed by atoms with Crippen molar-refractivity contribution in [3.63, 3.8) is 0 Å². The summed E-state index contributed by atoms with van der Waals surface area (Å²) in [7, 11) is 0. The van der Waals surface area contributed by atoms with E-state index in [2.05, 4.69) is 20.9 Å². The Morgan fingerprint density at radius 2 is 1.10 bits per heavy atom. The fourth-order valence-electron chi connectivity index (χ4n) is 1.07. The van der Waals surface area contributed by atoms with Gasteiger partial charge in [0, 0.05) is 0 Å². The zero-order valence-corrected chi connectivity index (χ0v) is 12.8. The number of hydrogen-bond acceptors (Lipinski definition) is 6. The third kappa shape index (κ3) is 6.07. The lowest BCUT2D eigenvalue weighted by molar-refractivity contribution is -0.130. The summed E-state index contributed by atoms with van der Waals surface area (Å²) in [5.41, 5.74) is -2.45. The first-order chi connectivity index (χ1) is 8.88.